The highest BCUT2D eigenvalue weighted by molar-refractivity contribution is 5.68. The van der Waals surface area contributed by atoms with E-state index in [0.29, 0.717) is 0 Å². The van der Waals surface area contributed by atoms with Crippen LogP contribution in [-0.4, -0.2) is 16.1 Å². The molecule has 1 rings (SSSR count). The first-order valence-electron chi connectivity index (χ1n) is 4.05. The second-order valence-corrected chi connectivity index (χ2v) is 3.32. The summed E-state index contributed by atoms with van der Waals surface area (Å²) >= 11 is 0. The van der Waals surface area contributed by atoms with E-state index in [-0.39, 0.29) is 12.1 Å². The number of halogens is 1. The minimum Gasteiger partial charge on any atom is -0.481 e. The molecule has 14 heavy (non-hydrogen) atoms. The summed E-state index contributed by atoms with van der Waals surface area (Å²) in [5.74, 6) is -1.67. The third-order valence-electron chi connectivity index (χ3n) is 1.82. The fourth-order valence-electron chi connectivity index (χ4n) is 1.20. The van der Waals surface area contributed by atoms with Crippen LogP contribution in [0.25, 0.3) is 0 Å². The lowest BCUT2D eigenvalue weighted by Gasteiger charge is -2.21. The van der Waals surface area contributed by atoms with Crippen LogP contribution in [0.15, 0.2) is 18.3 Å². The van der Waals surface area contributed by atoms with E-state index in [4.69, 9.17) is 10.8 Å². The molecule has 0 spiro atoms. The molecule has 5 heteroatoms. The molecule has 0 amide bonds. The number of nitrogens with two attached hydrogens (primary N) is 1. The molecule has 0 bridgehead atoms. The number of carboxylic acids is 1. The molecule has 0 aromatic carbocycles. The van der Waals surface area contributed by atoms with E-state index in [9.17, 15) is 9.18 Å². The monoisotopic (exact) mass is 198 g/mol. The molecule has 3 N–H and O–H groups in total. The summed E-state index contributed by atoms with van der Waals surface area (Å²) in [6, 6.07) is 2.63. The van der Waals surface area contributed by atoms with Crippen molar-refractivity contribution in [3.05, 3.63) is 29.8 Å². The summed E-state index contributed by atoms with van der Waals surface area (Å²) in [6.07, 6.45) is 1.02. The highest BCUT2D eigenvalue weighted by Gasteiger charge is 2.28. The summed E-state index contributed by atoms with van der Waals surface area (Å²) in [5, 5.41) is 8.57. The molecule has 0 saturated heterocycles. The molecule has 0 aliphatic carbocycles. The largest absolute Gasteiger partial charge is 0.481 e. The Balaban J connectivity index is 3.03. The van der Waals surface area contributed by atoms with Crippen LogP contribution >= 0.6 is 0 Å². The second-order valence-electron chi connectivity index (χ2n) is 3.32. The predicted octanol–water partition coefficient (Wildman–Crippen LogP) is 0.869. The van der Waals surface area contributed by atoms with Crippen molar-refractivity contribution in [2.24, 2.45) is 5.73 Å². The quantitative estimate of drug-likeness (QED) is 0.755. The van der Waals surface area contributed by atoms with Crippen molar-refractivity contribution < 1.29 is 14.3 Å². The lowest BCUT2D eigenvalue weighted by molar-refractivity contribution is -0.138. The molecule has 0 fully saturated rings. The van der Waals surface area contributed by atoms with Gasteiger partial charge in [-0.05, 0) is 19.1 Å². The fraction of sp³-hybridized carbons (Fsp3) is 0.333. The molecule has 0 aliphatic rings. The van der Waals surface area contributed by atoms with E-state index in [1.165, 1.54) is 25.3 Å². The van der Waals surface area contributed by atoms with Crippen LogP contribution in [0.4, 0.5) is 4.39 Å². The maximum atomic E-state index is 13.2. The molecular formula is C9H11FN2O2. The average Bonchev–Trinajstić information content (AvgIpc) is 2.02. The summed E-state index contributed by atoms with van der Waals surface area (Å²) < 4.78 is 13.2. The zero-order chi connectivity index (χ0) is 10.8. The molecule has 4 nitrogen and oxygen atoms in total. The smallest absolute Gasteiger partial charge is 0.305 e. The van der Waals surface area contributed by atoms with Crippen molar-refractivity contribution in [3.63, 3.8) is 0 Å². The van der Waals surface area contributed by atoms with Gasteiger partial charge in [-0.25, -0.2) is 4.39 Å². The normalized spacial score (nSPS) is 14.8. The number of carboxylic acid groups (broad SMARTS) is 1. The minimum absolute atomic E-state index is 0.0256. The van der Waals surface area contributed by atoms with Gasteiger partial charge in [-0.1, -0.05) is 0 Å². The average molecular weight is 198 g/mol. The van der Waals surface area contributed by atoms with E-state index in [1.54, 1.807) is 0 Å². The van der Waals surface area contributed by atoms with Gasteiger partial charge in [-0.15, -0.1) is 0 Å². The van der Waals surface area contributed by atoms with Gasteiger partial charge in [-0.3, -0.25) is 9.78 Å². The van der Waals surface area contributed by atoms with E-state index >= 15 is 0 Å². The molecule has 1 heterocycles. The summed E-state index contributed by atoms with van der Waals surface area (Å²) in [7, 11) is 0. The number of carbonyl (C=O) groups is 1. The van der Waals surface area contributed by atoms with Gasteiger partial charge < -0.3 is 10.8 Å². The highest BCUT2D eigenvalue weighted by atomic mass is 19.1. The Labute approximate surface area is 80.6 Å². The van der Waals surface area contributed by atoms with Crippen LogP contribution in [0.3, 0.4) is 0 Å². The molecule has 1 unspecified atom stereocenters. The summed E-state index contributed by atoms with van der Waals surface area (Å²) in [6.45, 7) is 1.44. The topological polar surface area (TPSA) is 76.2 Å². The van der Waals surface area contributed by atoms with E-state index in [1.807, 2.05) is 0 Å². The molecule has 1 aromatic heterocycles. The minimum atomic E-state index is -1.28. The van der Waals surface area contributed by atoms with Gasteiger partial charge in [0.2, 0.25) is 0 Å². The van der Waals surface area contributed by atoms with Crippen LogP contribution in [0, 0.1) is 5.82 Å². The molecule has 76 valence electrons. The Morgan fingerprint density at radius 1 is 1.79 bits per heavy atom. The third kappa shape index (κ3) is 2.26. The third-order valence-corrected chi connectivity index (χ3v) is 1.82. The number of rotatable bonds is 3. The highest BCUT2D eigenvalue weighted by Crippen LogP contribution is 2.21. The second kappa shape index (κ2) is 3.71. The van der Waals surface area contributed by atoms with Crippen molar-refractivity contribution in [3.8, 4) is 0 Å². The standard InChI is InChI=1S/C9H11FN2O2/c1-9(11,5-7(13)14)8-6(10)3-2-4-12-8/h2-4H,5,11H2,1H3,(H,13,14). The van der Waals surface area contributed by atoms with Gasteiger partial charge in [0.25, 0.3) is 0 Å². The van der Waals surface area contributed by atoms with Crippen LogP contribution in [0.1, 0.15) is 19.0 Å². The first-order valence-corrected chi connectivity index (χ1v) is 4.05. The van der Waals surface area contributed by atoms with Gasteiger partial charge in [0.1, 0.15) is 5.82 Å². The number of aromatic nitrogens is 1. The van der Waals surface area contributed by atoms with Crippen molar-refractivity contribution in [2.45, 2.75) is 18.9 Å². The van der Waals surface area contributed by atoms with Crippen molar-refractivity contribution in [1.29, 1.82) is 0 Å². The van der Waals surface area contributed by atoms with Gasteiger partial charge in [0.15, 0.2) is 0 Å². The zero-order valence-electron chi connectivity index (χ0n) is 7.70. The molecule has 0 aliphatic heterocycles. The van der Waals surface area contributed by atoms with Gasteiger partial charge >= 0.3 is 5.97 Å². The Morgan fingerprint density at radius 2 is 2.43 bits per heavy atom. The van der Waals surface area contributed by atoms with Crippen molar-refractivity contribution in [2.75, 3.05) is 0 Å². The van der Waals surface area contributed by atoms with Gasteiger partial charge in [-0.2, -0.15) is 0 Å². The molecule has 1 aromatic rings. The molecule has 1 atom stereocenters. The molecular weight excluding hydrogens is 187 g/mol. The van der Waals surface area contributed by atoms with Crippen LogP contribution in [-0.2, 0) is 10.3 Å². The van der Waals surface area contributed by atoms with E-state index in [2.05, 4.69) is 4.98 Å². The van der Waals surface area contributed by atoms with Crippen molar-refractivity contribution in [1.82, 2.24) is 4.98 Å². The van der Waals surface area contributed by atoms with Gasteiger partial charge in [0, 0.05) is 6.20 Å². The number of hydrogen-bond donors (Lipinski definition) is 2. The maximum absolute atomic E-state index is 13.2. The Morgan fingerprint density at radius 3 is 2.93 bits per heavy atom. The van der Waals surface area contributed by atoms with Crippen LogP contribution in [0.5, 0.6) is 0 Å². The van der Waals surface area contributed by atoms with Gasteiger partial charge in [0.05, 0.1) is 17.7 Å². The van der Waals surface area contributed by atoms with Crippen LogP contribution < -0.4 is 5.73 Å². The lowest BCUT2D eigenvalue weighted by Crippen LogP contribution is -2.37. The number of pyridine rings is 1. The maximum Gasteiger partial charge on any atom is 0.305 e. The predicted molar refractivity (Wildman–Crippen MR) is 48.0 cm³/mol. The Hall–Kier alpha value is -1.49. The zero-order valence-corrected chi connectivity index (χ0v) is 7.70. The number of aliphatic carboxylic acids is 1. The van der Waals surface area contributed by atoms with E-state index in [0.717, 1.165) is 0 Å². The molecule has 0 radical (unpaired) electrons. The Bertz CT molecular complexity index is 352. The molecule has 0 saturated carbocycles. The SMILES string of the molecule is CC(N)(CC(=O)O)c1ncccc1F. The van der Waals surface area contributed by atoms with E-state index < -0.39 is 17.3 Å². The number of hydrogen-bond acceptors (Lipinski definition) is 3. The summed E-state index contributed by atoms with van der Waals surface area (Å²) in [5.41, 5.74) is 4.35. The van der Waals surface area contributed by atoms with Crippen molar-refractivity contribution >= 4 is 5.97 Å². The summed E-state index contributed by atoms with van der Waals surface area (Å²) in [4.78, 5) is 14.2. The first-order chi connectivity index (χ1) is 6.43. The Kier molecular flexibility index (Phi) is 2.81. The number of nitrogens with zero attached hydrogens (tertiary/aromatic N) is 1. The fourth-order valence-corrected chi connectivity index (χ4v) is 1.20. The lowest BCUT2D eigenvalue weighted by atomic mass is 9.94. The van der Waals surface area contributed by atoms with Crippen LogP contribution in [0.2, 0.25) is 0 Å². The first kappa shape index (κ1) is 10.6.